The molecule has 2 rings (SSSR count). The Bertz CT molecular complexity index is 550. The number of hydrogen-bond donors (Lipinski definition) is 0. The van der Waals surface area contributed by atoms with Gasteiger partial charge in [-0.3, -0.25) is 0 Å². The normalized spacial score (nSPS) is 24.4. The third-order valence-electron chi connectivity index (χ3n) is 3.98. The molecule has 3 heteroatoms. The lowest BCUT2D eigenvalue weighted by Gasteiger charge is -2.34. The topological polar surface area (TPSA) is 34.1 Å². The van der Waals surface area contributed by atoms with E-state index in [-0.39, 0.29) is 10.7 Å². The van der Waals surface area contributed by atoms with Crippen molar-refractivity contribution >= 4 is 9.84 Å². The highest BCUT2D eigenvalue weighted by molar-refractivity contribution is 7.92. The standard InChI is InChI=1S/C16H22O2S/c1-16(2,3)13-8-7-11-15(12-13)19(17,18)14-9-5-4-6-10-14/h4-7,9-11,13,15H,8,12H2,1-3H3/t13-,15-/m0/s1. The number of benzene rings is 1. The molecule has 1 aliphatic carbocycles. The maximum Gasteiger partial charge on any atom is 0.184 e. The first kappa shape index (κ1) is 14.3. The van der Waals surface area contributed by atoms with E-state index in [1.807, 2.05) is 18.2 Å². The average molecular weight is 278 g/mol. The van der Waals surface area contributed by atoms with Crippen molar-refractivity contribution in [3.8, 4) is 0 Å². The third kappa shape index (κ3) is 3.08. The van der Waals surface area contributed by atoms with Crippen LogP contribution >= 0.6 is 0 Å². The molecule has 104 valence electrons. The summed E-state index contributed by atoms with van der Waals surface area (Å²) < 4.78 is 25.2. The van der Waals surface area contributed by atoms with Crippen molar-refractivity contribution in [1.82, 2.24) is 0 Å². The Morgan fingerprint density at radius 2 is 1.74 bits per heavy atom. The van der Waals surface area contributed by atoms with Crippen molar-refractivity contribution in [2.45, 2.75) is 43.8 Å². The highest BCUT2D eigenvalue weighted by Crippen LogP contribution is 2.38. The van der Waals surface area contributed by atoms with E-state index in [9.17, 15) is 8.42 Å². The number of hydrogen-bond acceptors (Lipinski definition) is 2. The smallest absolute Gasteiger partial charge is 0.184 e. The van der Waals surface area contributed by atoms with Crippen LogP contribution in [0.2, 0.25) is 0 Å². The Morgan fingerprint density at radius 1 is 1.11 bits per heavy atom. The molecule has 0 heterocycles. The zero-order chi connectivity index (χ0) is 14.1. The molecule has 2 atom stereocenters. The summed E-state index contributed by atoms with van der Waals surface area (Å²) in [5.41, 5.74) is 0.148. The summed E-state index contributed by atoms with van der Waals surface area (Å²) in [4.78, 5) is 0.430. The molecule has 0 bridgehead atoms. The predicted molar refractivity (Wildman–Crippen MR) is 78.7 cm³/mol. The molecule has 0 saturated heterocycles. The van der Waals surface area contributed by atoms with E-state index >= 15 is 0 Å². The predicted octanol–water partition coefficient (Wildman–Crippen LogP) is 3.84. The fourth-order valence-corrected chi connectivity index (χ4v) is 4.26. The molecule has 2 nitrogen and oxygen atoms in total. The zero-order valence-corrected chi connectivity index (χ0v) is 12.7. The van der Waals surface area contributed by atoms with Crippen molar-refractivity contribution < 1.29 is 8.42 Å². The Morgan fingerprint density at radius 3 is 2.32 bits per heavy atom. The Kier molecular flexibility index (Phi) is 3.86. The molecule has 0 fully saturated rings. The van der Waals surface area contributed by atoms with Crippen LogP contribution in [0.1, 0.15) is 33.6 Å². The van der Waals surface area contributed by atoms with Gasteiger partial charge in [0, 0.05) is 0 Å². The first-order valence-corrected chi connectivity index (χ1v) is 8.32. The lowest BCUT2D eigenvalue weighted by Crippen LogP contribution is -2.31. The lowest BCUT2D eigenvalue weighted by atomic mass is 9.74. The van der Waals surface area contributed by atoms with Gasteiger partial charge in [0.15, 0.2) is 9.84 Å². The maximum atomic E-state index is 12.6. The van der Waals surface area contributed by atoms with Crippen LogP contribution in [0.15, 0.2) is 47.4 Å². The Hall–Kier alpha value is -1.09. The third-order valence-corrected chi connectivity index (χ3v) is 6.06. The van der Waals surface area contributed by atoms with Gasteiger partial charge in [-0.15, -0.1) is 0 Å². The second-order valence-electron chi connectivity index (χ2n) is 6.36. The molecule has 0 amide bonds. The van der Waals surface area contributed by atoms with Crippen LogP contribution in [0.5, 0.6) is 0 Å². The van der Waals surface area contributed by atoms with Gasteiger partial charge >= 0.3 is 0 Å². The summed E-state index contributed by atoms with van der Waals surface area (Å²) in [5.74, 6) is 0.418. The molecule has 1 aromatic carbocycles. The largest absolute Gasteiger partial charge is 0.223 e. The highest BCUT2D eigenvalue weighted by atomic mass is 32.2. The van der Waals surface area contributed by atoms with E-state index in [0.29, 0.717) is 10.8 Å². The van der Waals surface area contributed by atoms with E-state index in [0.717, 1.165) is 12.8 Å². The van der Waals surface area contributed by atoms with Gasteiger partial charge in [0.25, 0.3) is 0 Å². The van der Waals surface area contributed by atoms with Crippen molar-refractivity contribution in [2.75, 3.05) is 0 Å². The summed E-state index contributed by atoms with van der Waals surface area (Å²) in [5, 5.41) is -0.382. The molecule has 0 aliphatic heterocycles. The number of allylic oxidation sites excluding steroid dienone is 1. The van der Waals surface area contributed by atoms with E-state index in [1.54, 1.807) is 24.3 Å². The van der Waals surface area contributed by atoms with Crippen molar-refractivity contribution in [3.63, 3.8) is 0 Å². The number of sulfone groups is 1. The monoisotopic (exact) mass is 278 g/mol. The van der Waals surface area contributed by atoms with Gasteiger partial charge in [0.2, 0.25) is 0 Å². The molecular formula is C16H22O2S. The molecule has 0 radical (unpaired) electrons. The van der Waals surface area contributed by atoms with Gasteiger partial charge in [-0.1, -0.05) is 51.1 Å². The minimum atomic E-state index is -3.24. The minimum absolute atomic E-state index is 0.148. The summed E-state index contributed by atoms with van der Waals surface area (Å²) in [6, 6.07) is 8.77. The van der Waals surface area contributed by atoms with Crippen molar-refractivity contribution in [2.24, 2.45) is 11.3 Å². The van der Waals surface area contributed by atoms with Gasteiger partial charge in [-0.25, -0.2) is 8.42 Å². The lowest BCUT2D eigenvalue weighted by molar-refractivity contribution is 0.224. The van der Waals surface area contributed by atoms with Gasteiger partial charge in [0.05, 0.1) is 10.1 Å². The SMILES string of the molecule is CC(C)(C)[C@H]1CC=C[C@H](S(=O)(=O)c2ccccc2)C1. The second kappa shape index (κ2) is 5.12. The fraction of sp³-hybridized carbons (Fsp3) is 0.500. The van der Waals surface area contributed by atoms with Gasteiger partial charge in [-0.2, -0.15) is 0 Å². The van der Waals surface area contributed by atoms with Crippen LogP contribution in [0.25, 0.3) is 0 Å². The average Bonchev–Trinajstić information content (AvgIpc) is 2.39. The maximum absolute atomic E-state index is 12.6. The molecule has 1 aliphatic rings. The molecule has 0 N–H and O–H groups in total. The summed E-state index contributed by atoms with van der Waals surface area (Å²) >= 11 is 0. The van der Waals surface area contributed by atoms with Crippen LogP contribution in [0.3, 0.4) is 0 Å². The Labute approximate surface area is 116 Å². The molecule has 0 aromatic heterocycles. The minimum Gasteiger partial charge on any atom is -0.223 e. The number of rotatable bonds is 2. The van der Waals surface area contributed by atoms with Crippen LogP contribution in [-0.4, -0.2) is 13.7 Å². The quantitative estimate of drug-likeness (QED) is 0.770. The van der Waals surface area contributed by atoms with Crippen LogP contribution < -0.4 is 0 Å². The summed E-state index contributed by atoms with van der Waals surface area (Å²) in [6.45, 7) is 6.55. The van der Waals surface area contributed by atoms with Gasteiger partial charge < -0.3 is 0 Å². The molecule has 0 unspecified atom stereocenters. The van der Waals surface area contributed by atoms with Crippen LogP contribution in [-0.2, 0) is 9.84 Å². The summed E-state index contributed by atoms with van der Waals surface area (Å²) in [7, 11) is -3.24. The van der Waals surface area contributed by atoms with E-state index < -0.39 is 9.84 Å². The molecule has 19 heavy (non-hydrogen) atoms. The van der Waals surface area contributed by atoms with Crippen LogP contribution in [0, 0.1) is 11.3 Å². The second-order valence-corrected chi connectivity index (χ2v) is 8.53. The van der Waals surface area contributed by atoms with E-state index in [1.165, 1.54) is 0 Å². The van der Waals surface area contributed by atoms with Crippen molar-refractivity contribution in [1.29, 1.82) is 0 Å². The van der Waals surface area contributed by atoms with E-state index in [2.05, 4.69) is 20.8 Å². The molecular weight excluding hydrogens is 256 g/mol. The zero-order valence-electron chi connectivity index (χ0n) is 11.8. The first-order valence-electron chi connectivity index (χ1n) is 6.77. The van der Waals surface area contributed by atoms with E-state index in [4.69, 9.17) is 0 Å². The van der Waals surface area contributed by atoms with Crippen LogP contribution in [0.4, 0.5) is 0 Å². The van der Waals surface area contributed by atoms with Crippen molar-refractivity contribution in [3.05, 3.63) is 42.5 Å². The summed E-state index contributed by atoms with van der Waals surface area (Å²) in [6.07, 6.45) is 5.59. The highest BCUT2D eigenvalue weighted by Gasteiger charge is 2.34. The molecule has 0 spiro atoms. The fourth-order valence-electron chi connectivity index (χ4n) is 2.57. The first-order chi connectivity index (χ1) is 8.82. The van der Waals surface area contributed by atoms with Gasteiger partial charge in [0.1, 0.15) is 0 Å². The molecule has 0 saturated carbocycles. The molecule has 1 aromatic rings. The van der Waals surface area contributed by atoms with Gasteiger partial charge in [-0.05, 0) is 36.3 Å². The Balaban J connectivity index is 2.28.